The molecule has 2 aliphatic heterocycles. The lowest BCUT2D eigenvalue weighted by Gasteiger charge is -2.27. The Morgan fingerprint density at radius 1 is 1.53 bits per heavy atom. The highest BCUT2D eigenvalue weighted by molar-refractivity contribution is 7.99. The maximum absolute atomic E-state index is 11.4. The number of carbonyl (C=O) groups is 1. The fraction of sp³-hybridized carbons (Fsp3) is 0.900. The van der Waals surface area contributed by atoms with Gasteiger partial charge in [-0.1, -0.05) is 6.42 Å². The largest absolute Gasteiger partial charge is 0.447 e. The van der Waals surface area contributed by atoms with E-state index in [1.165, 1.54) is 25.0 Å². The Kier molecular flexibility index (Phi) is 3.75. The van der Waals surface area contributed by atoms with Crippen LogP contribution >= 0.6 is 11.8 Å². The Labute approximate surface area is 94.0 Å². The van der Waals surface area contributed by atoms with Crippen molar-refractivity contribution in [1.82, 2.24) is 4.90 Å². The molecule has 0 bridgehead atoms. The van der Waals surface area contributed by atoms with Gasteiger partial charge in [0.2, 0.25) is 0 Å². The summed E-state index contributed by atoms with van der Waals surface area (Å²) >= 11 is 1.93. The average molecular weight is 231 g/mol. The van der Waals surface area contributed by atoms with Gasteiger partial charge in [-0.3, -0.25) is 4.90 Å². The Bertz CT molecular complexity index is 231. The average Bonchev–Trinajstić information content (AvgIpc) is 2.62. The predicted molar refractivity (Wildman–Crippen MR) is 59.0 cm³/mol. The molecule has 2 saturated heterocycles. The first-order valence-electron chi connectivity index (χ1n) is 5.47. The van der Waals surface area contributed by atoms with Crippen LogP contribution in [-0.2, 0) is 4.74 Å². The molecule has 2 unspecified atom stereocenters. The third kappa shape index (κ3) is 2.58. The van der Waals surface area contributed by atoms with Gasteiger partial charge in [-0.05, 0) is 18.6 Å². The smallest absolute Gasteiger partial charge is 0.410 e. The summed E-state index contributed by atoms with van der Waals surface area (Å²) in [4.78, 5) is 13.1. The van der Waals surface area contributed by atoms with Crippen molar-refractivity contribution >= 4 is 17.9 Å². The van der Waals surface area contributed by atoms with Gasteiger partial charge in [0.05, 0.1) is 12.6 Å². The molecule has 1 amide bonds. The van der Waals surface area contributed by atoms with E-state index >= 15 is 0 Å². The van der Waals surface area contributed by atoms with E-state index in [0.717, 1.165) is 6.54 Å². The Hall–Kier alpha value is -0.420. The first-order chi connectivity index (χ1) is 7.31. The van der Waals surface area contributed by atoms with Crippen LogP contribution in [-0.4, -0.2) is 52.9 Å². The van der Waals surface area contributed by atoms with Crippen LogP contribution in [0.3, 0.4) is 0 Å². The number of ether oxygens (including phenoxy) is 1. The summed E-state index contributed by atoms with van der Waals surface area (Å²) in [6.45, 7) is 1.07. The highest BCUT2D eigenvalue weighted by Crippen LogP contribution is 2.27. The van der Waals surface area contributed by atoms with Crippen LogP contribution in [0.25, 0.3) is 0 Å². The van der Waals surface area contributed by atoms with Crippen molar-refractivity contribution < 1.29 is 14.6 Å². The SMILES string of the molecule is O=C1OCC(CO)N1CC1CCCCS1. The monoisotopic (exact) mass is 231 g/mol. The minimum absolute atomic E-state index is 0.00310. The van der Waals surface area contributed by atoms with Crippen LogP contribution in [0.15, 0.2) is 0 Å². The number of rotatable bonds is 3. The van der Waals surface area contributed by atoms with E-state index < -0.39 is 0 Å². The second-order valence-corrected chi connectivity index (χ2v) is 5.46. The van der Waals surface area contributed by atoms with E-state index in [4.69, 9.17) is 9.84 Å². The van der Waals surface area contributed by atoms with E-state index in [1.54, 1.807) is 4.90 Å². The van der Waals surface area contributed by atoms with Crippen LogP contribution in [0, 0.1) is 0 Å². The maximum atomic E-state index is 11.4. The molecule has 2 aliphatic rings. The molecular weight excluding hydrogens is 214 g/mol. The molecule has 1 N–H and O–H groups in total. The van der Waals surface area contributed by atoms with Gasteiger partial charge in [-0.25, -0.2) is 4.79 Å². The summed E-state index contributed by atoms with van der Waals surface area (Å²) in [7, 11) is 0. The van der Waals surface area contributed by atoms with Gasteiger partial charge in [0.1, 0.15) is 6.61 Å². The van der Waals surface area contributed by atoms with Gasteiger partial charge < -0.3 is 9.84 Å². The van der Waals surface area contributed by atoms with Crippen LogP contribution < -0.4 is 0 Å². The third-order valence-electron chi connectivity index (χ3n) is 2.96. The summed E-state index contributed by atoms with van der Waals surface area (Å²) in [6, 6.07) is -0.125. The summed E-state index contributed by atoms with van der Waals surface area (Å²) < 4.78 is 4.93. The van der Waals surface area contributed by atoms with E-state index in [1.807, 2.05) is 11.8 Å². The lowest BCUT2D eigenvalue weighted by atomic mass is 10.1. The van der Waals surface area contributed by atoms with E-state index in [2.05, 4.69) is 0 Å². The molecule has 2 atom stereocenters. The number of cyclic esters (lactones) is 1. The number of hydrogen-bond acceptors (Lipinski definition) is 4. The Balaban J connectivity index is 1.88. The van der Waals surface area contributed by atoms with Crippen molar-refractivity contribution in [2.75, 3.05) is 25.5 Å². The molecule has 0 aliphatic carbocycles. The fourth-order valence-electron chi connectivity index (χ4n) is 2.04. The summed E-state index contributed by atoms with van der Waals surface area (Å²) in [6.07, 6.45) is 3.45. The van der Waals surface area contributed by atoms with Crippen LogP contribution in [0.2, 0.25) is 0 Å². The molecule has 86 valence electrons. The zero-order valence-corrected chi connectivity index (χ0v) is 9.54. The van der Waals surface area contributed by atoms with Crippen molar-refractivity contribution in [2.24, 2.45) is 0 Å². The zero-order valence-electron chi connectivity index (χ0n) is 8.72. The van der Waals surface area contributed by atoms with Gasteiger partial charge >= 0.3 is 6.09 Å². The quantitative estimate of drug-likeness (QED) is 0.790. The maximum Gasteiger partial charge on any atom is 0.410 e. The van der Waals surface area contributed by atoms with Gasteiger partial charge in [-0.2, -0.15) is 11.8 Å². The predicted octanol–water partition coefficient (Wildman–Crippen LogP) is 1.09. The molecule has 2 rings (SSSR count). The number of hydrogen-bond donors (Lipinski definition) is 1. The van der Waals surface area contributed by atoms with Crippen molar-refractivity contribution in [3.05, 3.63) is 0 Å². The van der Waals surface area contributed by atoms with Crippen molar-refractivity contribution in [3.63, 3.8) is 0 Å². The fourth-order valence-corrected chi connectivity index (χ4v) is 3.34. The summed E-state index contributed by atoms with van der Waals surface area (Å²) in [5, 5.41) is 9.63. The number of amides is 1. The normalized spacial score (nSPS) is 31.8. The first kappa shape index (κ1) is 11.1. The molecule has 0 aromatic carbocycles. The number of aliphatic hydroxyl groups excluding tert-OH is 1. The highest BCUT2D eigenvalue weighted by atomic mass is 32.2. The molecule has 2 heterocycles. The molecule has 4 nitrogen and oxygen atoms in total. The summed E-state index contributed by atoms with van der Waals surface area (Å²) in [5.41, 5.74) is 0. The van der Waals surface area contributed by atoms with E-state index in [-0.39, 0.29) is 18.7 Å². The van der Waals surface area contributed by atoms with Gasteiger partial charge in [0.15, 0.2) is 0 Å². The van der Waals surface area contributed by atoms with Crippen molar-refractivity contribution in [3.8, 4) is 0 Å². The second-order valence-electron chi connectivity index (χ2n) is 4.05. The molecular formula is C10H17NO3S. The molecule has 0 aromatic heterocycles. The molecule has 15 heavy (non-hydrogen) atoms. The third-order valence-corrected chi connectivity index (χ3v) is 4.34. The minimum atomic E-state index is -0.264. The van der Waals surface area contributed by atoms with Crippen LogP contribution in [0.5, 0.6) is 0 Å². The zero-order chi connectivity index (χ0) is 10.7. The minimum Gasteiger partial charge on any atom is -0.447 e. The molecule has 0 radical (unpaired) electrons. The molecule has 0 aromatic rings. The highest BCUT2D eigenvalue weighted by Gasteiger charge is 2.34. The Morgan fingerprint density at radius 2 is 2.40 bits per heavy atom. The number of nitrogens with zero attached hydrogens (tertiary/aromatic N) is 1. The topological polar surface area (TPSA) is 49.8 Å². The lowest BCUT2D eigenvalue weighted by Crippen LogP contribution is -2.40. The molecule has 0 saturated carbocycles. The van der Waals surface area contributed by atoms with Crippen molar-refractivity contribution in [2.45, 2.75) is 30.6 Å². The lowest BCUT2D eigenvalue weighted by molar-refractivity contribution is 0.153. The van der Waals surface area contributed by atoms with Crippen LogP contribution in [0.1, 0.15) is 19.3 Å². The molecule has 5 heteroatoms. The van der Waals surface area contributed by atoms with E-state index in [9.17, 15) is 4.79 Å². The number of aliphatic hydroxyl groups is 1. The Morgan fingerprint density at radius 3 is 3.07 bits per heavy atom. The summed E-state index contributed by atoms with van der Waals surface area (Å²) in [5.74, 6) is 1.19. The van der Waals surface area contributed by atoms with Crippen molar-refractivity contribution in [1.29, 1.82) is 0 Å². The van der Waals surface area contributed by atoms with Gasteiger partial charge in [0, 0.05) is 11.8 Å². The molecule has 0 spiro atoms. The first-order valence-corrected chi connectivity index (χ1v) is 6.52. The number of carbonyl (C=O) groups excluding carboxylic acids is 1. The van der Waals surface area contributed by atoms with Crippen LogP contribution in [0.4, 0.5) is 4.79 Å². The van der Waals surface area contributed by atoms with Gasteiger partial charge in [-0.15, -0.1) is 0 Å². The molecule has 2 fully saturated rings. The van der Waals surface area contributed by atoms with E-state index in [0.29, 0.717) is 11.9 Å². The standard InChI is InChI=1S/C10H17NO3S/c12-6-8-7-14-10(13)11(8)5-9-3-1-2-4-15-9/h8-9,12H,1-7H2. The van der Waals surface area contributed by atoms with Gasteiger partial charge in [0.25, 0.3) is 0 Å². The second kappa shape index (κ2) is 5.07. The number of thioether (sulfide) groups is 1.